The third kappa shape index (κ3) is 4.19. The normalized spacial score (nSPS) is 22.9. The van der Waals surface area contributed by atoms with Crippen molar-refractivity contribution >= 4 is 11.9 Å². The molecule has 1 aromatic heterocycles. The fraction of sp³-hybridized carbons (Fsp3) is 0.800. The molecule has 0 unspecified atom stereocenters. The molecule has 1 saturated carbocycles. The highest BCUT2D eigenvalue weighted by atomic mass is 16.5. The van der Waals surface area contributed by atoms with Crippen molar-refractivity contribution in [2.45, 2.75) is 53.4 Å². The highest BCUT2D eigenvalue weighted by Crippen LogP contribution is 2.39. The van der Waals surface area contributed by atoms with Gasteiger partial charge in [0, 0.05) is 5.92 Å². The van der Waals surface area contributed by atoms with Crippen LogP contribution in [0.1, 0.15) is 53.4 Å². The first-order chi connectivity index (χ1) is 9.90. The number of nitrogens with one attached hydrogen (secondary N) is 2. The lowest BCUT2D eigenvalue weighted by Gasteiger charge is -2.36. The number of aromatic nitrogens is 3. The predicted molar refractivity (Wildman–Crippen MR) is 81.1 cm³/mol. The molecule has 0 spiro atoms. The summed E-state index contributed by atoms with van der Waals surface area (Å²) in [6.07, 6.45) is 4.12. The first kappa shape index (κ1) is 15.8. The fourth-order valence-electron chi connectivity index (χ4n) is 2.94. The zero-order valence-electron chi connectivity index (χ0n) is 13.4. The number of hydrogen-bond acceptors (Lipinski definition) is 4. The number of nitrogens with zero attached hydrogens (tertiary/aromatic N) is 2. The highest BCUT2D eigenvalue weighted by Gasteiger charge is 2.32. The van der Waals surface area contributed by atoms with Gasteiger partial charge in [-0.1, -0.05) is 20.8 Å². The lowest BCUT2D eigenvalue weighted by molar-refractivity contribution is -0.121. The quantitative estimate of drug-likeness (QED) is 0.894. The van der Waals surface area contributed by atoms with Gasteiger partial charge in [0.1, 0.15) is 0 Å². The van der Waals surface area contributed by atoms with E-state index in [9.17, 15) is 4.79 Å². The van der Waals surface area contributed by atoms with Crippen molar-refractivity contribution < 1.29 is 9.53 Å². The van der Waals surface area contributed by atoms with E-state index in [-0.39, 0.29) is 17.8 Å². The van der Waals surface area contributed by atoms with Crippen LogP contribution < -0.4 is 10.1 Å². The minimum Gasteiger partial charge on any atom is -0.463 e. The maximum Gasteiger partial charge on any atom is 0.337 e. The summed E-state index contributed by atoms with van der Waals surface area (Å²) >= 11 is 0. The van der Waals surface area contributed by atoms with E-state index in [2.05, 4.69) is 41.3 Å². The van der Waals surface area contributed by atoms with Crippen LogP contribution >= 0.6 is 0 Å². The van der Waals surface area contributed by atoms with Gasteiger partial charge in [0.2, 0.25) is 11.9 Å². The first-order valence-corrected chi connectivity index (χ1v) is 7.76. The van der Waals surface area contributed by atoms with Crippen LogP contribution in [0.15, 0.2) is 0 Å². The molecule has 1 aliphatic rings. The second-order valence-corrected chi connectivity index (χ2v) is 6.80. The van der Waals surface area contributed by atoms with Crippen molar-refractivity contribution in [3.05, 3.63) is 0 Å². The molecule has 0 radical (unpaired) electrons. The molecule has 1 fully saturated rings. The summed E-state index contributed by atoms with van der Waals surface area (Å²) in [5.74, 6) is 1.17. The van der Waals surface area contributed by atoms with E-state index >= 15 is 0 Å². The molecule has 21 heavy (non-hydrogen) atoms. The lowest BCUT2D eigenvalue weighted by atomic mass is 9.70. The Bertz CT molecular complexity index is 470. The number of amides is 1. The van der Waals surface area contributed by atoms with Gasteiger partial charge in [-0.2, -0.15) is 4.98 Å². The number of anilines is 1. The molecule has 0 aliphatic heterocycles. The number of H-pyrrole nitrogens is 1. The van der Waals surface area contributed by atoms with Gasteiger partial charge >= 0.3 is 6.01 Å². The van der Waals surface area contributed by atoms with Crippen molar-refractivity contribution in [3.63, 3.8) is 0 Å². The Morgan fingerprint density at radius 3 is 2.57 bits per heavy atom. The van der Waals surface area contributed by atoms with E-state index in [1.807, 2.05) is 6.92 Å². The van der Waals surface area contributed by atoms with Gasteiger partial charge in [0.15, 0.2) is 0 Å². The Balaban J connectivity index is 1.84. The maximum absolute atomic E-state index is 12.3. The molecule has 0 saturated heterocycles. The van der Waals surface area contributed by atoms with Crippen LogP contribution in [0.2, 0.25) is 0 Å². The summed E-state index contributed by atoms with van der Waals surface area (Å²) in [5, 5.41) is 9.35. The third-order valence-electron chi connectivity index (χ3n) is 4.30. The molecule has 0 aromatic carbocycles. The van der Waals surface area contributed by atoms with E-state index in [4.69, 9.17) is 4.74 Å². The average molecular weight is 294 g/mol. The van der Waals surface area contributed by atoms with Crippen molar-refractivity contribution in [3.8, 4) is 6.01 Å². The lowest BCUT2D eigenvalue weighted by Crippen LogP contribution is -2.31. The Morgan fingerprint density at radius 1 is 1.33 bits per heavy atom. The summed E-state index contributed by atoms with van der Waals surface area (Å²) in [7, 11) is 0. The molecule has 6 heteroatoms. The van der Waals surface area contributed by atoms with E-state index in [0.717, 1.165) is 25.7 Å². The molecule has 1 amide bonds. The van der Waals surface area contributed by atoms with Crippen LogP contribution in [0, 0.1) is 17.3 Å². The summed E-state index contributed by atoms with van der Waals surface area (Å²) in [6, 6.07) is 0.268. The number of carbonyl (C=O) groups is 1. The molecule has 1 heterocycles. The summed E-state index contributed by atoms with van der Waals surface area (Å²) in [6.45, 7) is 9.20. The SMILES string of the molecule is CCOc1n[nH]c(NC(=O)C2CCC(C(C)(C)C)CC2)n1. The van der Waals surface area contributed by atoms with E-state index in [0.29, 0.717) is 23.9 Å². The topological polar surface area (TPSA) is 79.9 Å². The van der Waals surface area contributed by atoms with Crippen LogP contribution in [0.3, 0.4) is 0 Å². The summed E-state index contributed by atoms with van der Waals surface area (Å²) < 4.78 is 5.16. The molecular formula is C15H26N4O2. The number of rotatable bonds is 4. The van der Waals surface area contributed by atoms with Gasteiger partial charge in [0.25, 0.3) is 0 Å². The molecule has 1 aliphatic carbocycles. The van der Waals surface area contributed by atoms with Gasteiger partial charge in [0.05, 0.1) is 6.61 Å². The zero-order valence-corrected chi connectivity index (χ0v) is 13.4. The molecule has 2 rings (SSSR count). The molecule has 0 bridgehead atoms. The predicted octanol–water partition coefficient (Wildman–Crippen LogP) is 2.99. The summed E-state index contributed by atoms with van der Waals surface area (Å²) in [5.41, 5.74) is 0.332. The average Bonchev–Trinajstić information content (AvgIpc) is 2.86. The second kappa shape index (κ2) is 6.45. The first-order valence-electron chi connectivity index (χ1n) is 7.76. The number of ether oxygens (including phenoxy) is 1. The molecule has 1 aromatic rings. The van der Waals surface area contributed by atoms with Crippen molar-refractivity contribution in [2.75, 3.05) is 11.9 Å². The number of aromatic amines is 1. The Morgan fingerprint density at radius 2 is 2.00 bits per heavy atom. The van der Waals surface area contributed by atoms with Crippen molar-refractivity contribution in [2.24, 2.45) is 17.3 Å². The third-order valence-corrected chi connectivity index (χ3v) is 4.30. The van der Waals surface area contributed by atoms with Gasteiger partial charge in [-0.15, -0.1) is 5.10 Å². The Labute approximate surface area is 126 Å². The monoisotopic (exact) mass is 294 g/mol. The number of hydrogen-bond donors (Lipinski definition) is 2. The standard InChI is InChI=1S/C15H26N4O2/c1-5-21-14-17-13(18-19-14)16-12(20)10-6-8-11(9-7-10)15(2,3)4/h10-11H,5-9H2,1-4H3,(H2,16,17,18,19,20). The largest absolute Gasteiger partial charge is 0.463 e. The van der Waals surface area contributed by atoms with E-state index in [1.165, 1.54) is 0 Å². The van der Waals surface area contributed by atoms with Crippen LogP contribution in [0.5, 0.6) is 6.01 Å². The molecule has 6 nitrogen and oxygen atoms in total. The fourth-order valence-corrected chi connectivity index (χ4v) is 2.94. The zero-order chi connectivity index (χ0) is 15.5. The van der Waals surface area contributed by atoms with Crippen LogP contribution in [-0.2, 0) is 4.79 Å². The van der Waals surface area contributed by atoms with Gasteiger partial charge in [-0.25, -0.2) is 5.10 Å². The van der Waals surface area contributed by atoms with Crippen LogP contribution in [0.25, 0.3) is 0 Å². The van der Waals surface area contributed by atoms with Gasteiger partial charge in [-0.05, 0) is 43.9 Å². The Hall–Kier alpha value is -1.59. The van der Waals surface area contributed by atoms with Crippen molar-refractivity contribution in [1.29, 1.82) is 0 Å². The molecule has 118 valence electrons. The van der Waals surface area contributed by atoms with Gasteiger partial charge in [-0.3, -0.25) is 10.1 Å². The van der Waals surface area contributed by atoms with E-state index < -0.39 is 0 Å². The van der Waals surface area contributed by atoms with Crippen LogP contribution in [0.4, 0.5) is 5.95 Å². The molecule has 2 N–H and O–H groups in total. The minimum atomic E-state index is 0.0292. The van der Waals surface area contributed by atoms with Gasteiger partial charge < -0.3 is 4.74 Å². The second-order valence-electron chi connectivity index (χ2n) is 6.80. The smallest absolute Gasteiger partial charge is 0.337 e. The molecular weight excluding hydrogens is 268 g/mol. The maximum atomic E-state index is 12.3. The summed E-state index contributed by atoms with van der Waals surface area (Å²) in [4.78, 5) is 16.3. The molecule has 0 atom stereocenters. The van der Waals surface area contributed by atoms with E-state index in [1.54, 1.807) is 0 Å². The number of carbonyl (C=O) groups excluding carboxylic acids is 1. The van der Waals surface area contributed by atoms with Crippen LogP contribution in [-0.4, -0.2) is 27.7 Å². The van der Waals surface area contributed by atoms with Crippen molar-refractivity contribution in [1.82, 2.24) is 15.2 Å². The highest BCUT2D eigenvalue weighted by molar-refractivity contribution is 5.90. The minimum absolute atomic E-state index is 0.0292. The Kier molecular flexibility index (Phi) is 4.85.